The van der Waals surface area contributed by atoms with Gasteiger partial charge in [-0.05, 0) is 121 Å². The fourth-order valence-electron chi connectivity index (χ4n) is 6.98. The van der Waals surface area contributed by atoms with Crippen LogP contribution in [-0.2, 0) is 10.8 Å². The molecule has 0 aliphatic rings. The van der Waals surface area contributed by atoms with Crippen LogP contribution in [0, 0.1) is 25.5 Å². The van der Waals surface area contributed by atoms with E-state index in [1.807, 2.05) is 24.3 Å². The van der Waals surface area contributed by atoms with Gasteiger partial charge in [0.05, 0.1) is 11.4 Å². The molecular weight excluding hydrogens is 643 g/mol. The first-order valence-corrected chi connectivity index (χ1v) is 18.0. The van der Waals surface area contributed by atoms with Crippen molar-refractivity contribution < 1.29 is 8.78 Å². The minimum Gasteiger partial charge on any atom is -0.309 e. The maximum absolute atomic E-state index is 14.5. The zero-order valence-corrected chi connectivity index (χ0v) is 31.4. The largest absolute Gasteiger partial charge is 0.309 e. The minimum atomic E-state index is -0.282. The Hall–Kier alpha value is -5.48. The lowest BCUT2D eigenvalue weighted by atomic mass is 9.82. The fraction of sp³-hybridized carbons (Fsp3) is 0.208. The maximum atomic E-state index is 14.5. The van der Waals surface area contributed by atoms with Crippen molar-refractivity contribution in [2.75, 3.05) is 9.80 Å². The van der Waals surface area contributed by atoms with Crippen LogP contribution in [0.15, 0.2) is 133 Å². The number of anilines is 6. The van der Waals surface area contributed by atoms with E-state index in [1.54, 1.807) is 0 Å². The number of rotatable bonds is 6. The van der Waals surface area contributed by atoms with E-state index in [0.29, 0.717) is 0 Å². The van der Waals surface area contributed by atoms with Crippen LogP contribution >= 0.6 is 0 Å². The van der Waals surface area contributed by atoms with Gasteiger partial charge in [-0.15, -0.1) is 0 Å². The number of benzene rings is 7. The topological polar surface area (TPSA) is 6.48 Å². The Kier molecular flexibility index (Phi) is 8.90. The maximum Gasteiger partial charge on any atom is 0.123 e. The average molecular weight is 689 g/mol. The van der Waals surface area contributed by atoms with Gasteiger partial charge in [-0.3, -0.25) is 0 Å². The Bertz CT molecular complexity index is 2120. The highest BCUT2D eigenvalue weighted by Gasteiger charge is 2.28. The lowest BCUT2D eigenvalue weighted by Gasteiger charge is -2.34. The second-order valence-electron chi connectivity index (χ2n) is 16.0. The summed E-state index contributed by atoms with van der Waals surface area (Å²) in [6.07, 6.45) is 0. The Labute approximate surface area is 307 Å². The van der Waals surface area contributed by atoms with Crippen LogP contribution in [0.3, 0.4) is 0 Å². The molecule has 7 aromatic rings. The zero-order chi connectivity index (χ0) is 36.9. The third kappa shape index (κ3) is 6.66. The lowest BCUT2D eigenvalue weighted by molar-refractivity contribution is 0.590. The van der Waals surface area contributed by atoms with Crippen LogP contribution in [0.4, 0.5) is 42.9 Å². The van der Waals surface area contributed by atoms with Crippen molar-refractivity contribution >= 4 is 55.7 Å². The van der Waals surface area contributed by atoms with Crippen LogP contribution in [0.2, 0.25) is 0 Å². The molecular formula is C48H46F2N2. The molecule has 0 heterocycles. The third-order valence-electron chi connectivity index (χ3n) is 9.99. The minimum absolute atomic E-state index is 0.130. The summed E-state index contributed by atoms with van der Waals surface area (Å²) in [5, 5.41) is 4.21. The molecule has 0 unspecified atom stereocenters. The van der Waals surface area contributed by atoms with Crippen molar-refractivity contribution in [3.63, 3.8) is 0 Å². The first kappa shape index (κ1) is 34.9. The van der Waals surface area contributed by atoms with Crippen molar-refractivity contribution in [3.05, 3.63) is 167 Å². The summed E-state index contributed by atoms with van der Waals surface area (Å²) < 4.78 is 29.0. The van der Waals surface area contributed by atoms with Crippen LogP contribution < -0.4 is 9.80 Å². The predicted octanol–water partition coefficient (Wildman–Crippen LogP) is 14.4. The zero-order valence-electron chi connectivity index (χ0n) is 31.4. The second kappa shape index (κ2) is 13.2. The van der Waals surface area contributed by atoms with Crippen molar-refractivity contribution in [2.24, 2.45) is 0 Å². The smallest absolute Gasteiger partial charge is 0.123 e. The molecule has 4 heteroatoms. The molecule has 0 aliphatic carbocycles. The molecule has 262 valence electrons. The SMILES string of the molecule is Cc1ccc(N(c2ccc(F)cc2)c2c3ccc(C(C)(C)C)cc3c(N(c3ccc(C)cc3)c3ccc(F)cc3)c3ccc(C(C)(C)C)cc23)cc1. The van der Waals surface area contributed by atoms with Gasteiger partial charge >= 0.3 is 0 Å². The normalized spacial score (nSPS) is 12.0. The van der Waals surface area contributed by atoms with Gasteiger partial charge in [0.15, 0.2) is 0 Å². The first-order chi connectivity index (χ1) is 24.7. The summed E-state index contributed by atoms with van der Waals surface area (Å²) in [6.45, 7) is 17.6. The van der Waals surface area contributed by atoms with Gasteiger partial charge < -0.3 is 9.80 Å². The highest BCUT2D eigenvalue weighted by molar-refractivity contribution is 6.23. The fourth-order valence-corrected chi connectivity index (χ4v) is 6.98. The Balaban J connectivity index is 1.71. The molecule has 0 bridgehead atoms. The second-order valence-corrected chi connectivity index (χ2v) is 16.0. The van der Waals surface area contributed by atoms with Crippen molar-refractivity contribution in [1.82, 2.24) is 0 Å². The van der Waals surface area contributed by atoms with Crippen molar-refractivity contribution in [3.8, 4) is 0 Å². The quantitative estimate of drug-likeness (QED) is 0.127. The van der Waals surface area contributed by atoms with Gasteiger partial charge in [0, 0.05) is 44.3 Å². The van der Waals surface area contributed by atoms with E-state index in [1.165, 1.54) is 35.4 Å². The molecule has 7 aromatic carbocycles. The standard InChI is InChI=1S/C48H46F2N2/c1-31-9-19-37(20-10-31)51(39-23-15-35(49)16-24-39)45-41-27-13-34(48(6,7)8)30-44(41)46(42-28-14-33(29-43(42)45)47(3,4)5)52(38-21-11-32(2)12-22-38)40-25-17-36(50)18-26-40/h9-30H,1-8H3. The average Bonchev–Trinajstić information content (AvgIpc) is 3.11. The first-order valence-electron chi connectivity index (χ1n) is 18.0. The molecule has 52 heavy (non-hydrogen) atoms. The molecule has 0 atom stereocenters. The van der Waals surface area contributed by atoms with Crippen LogP contribution in [-0.4, -0.2) is 0 Å². The summed E-state index contributed by atoms with van der Waals surface area (Å²) >= 11 is 0. The van der Waals surface area contributed by atoms with E-state index in [-0.39, 0.29) is 22.5 Å². The van der Waals surface area contributed by atoms with Crippen LogP contribution in [0.25, 0.3) is 21.5 Å². The molecule has 0 aromatic heterocycles. The van der Waals surface area contributed by atoms with E-state index < -0.39 is 0 Å². The van der Waals surface area contributed by atoms with E-state index >= 15 is 0 Å². The van der Waals surface area contributed by atoms with Gasteiger partial charge in [0.2, 0.25) is 0 Å². The van der Waals surface area contributed by atoms with Gasteiger partial charge in [0.25, 0.3) is 0 Å². The Morgan fingerprint density at radius 2 is 0.654 bits per heavy atom. The summed E-state index contributed by atoms with van der Waals surface area (Å²) in [4.78, 5) is 4.54. The summed E-state index contributed by atoms with van der Waals surface area (Å²) in [7, 11) is 0. The molecule has 0 saturated heterocycles. The number of fused-ring (bicyclic) bond motifs is 2. The van der Waals surface area contributed by atoms with Gasteiger partial charge in [-0.25, -0.2) is 8.78 Å². The van der Waals surface area contributed by atoms with E-state index in [2.05, 4.69) is 150 Å². The predicted molar refractivity (Wildman–Crippen MR) is 218 cm³/mol. The Morgan fingerprint density at radius 3 is 0.942 bits per heavy atom. The molecule has 0 radical (unpaired) electrons. The third-order valence-corrected chi connectivity index (χ3v) is 9.99. The lowest BCUT2D eigenvalue weighted by Crippen LogP contribution is -2.17. The van der Waals surface area contributed by atoms with Gasteiger partial charge in [-0.1, -0.05) is 101 Å². The molecule has 0 N–H and O–H groups in total. The summed E-state index contributed by atoms with van der Waals surface area (Å²) in [6, 6.07) is 44.2. The number of halogens is 2. The highest BCUT2D eigenvalue weighted by Crippen LogP contribution is 2.52. The number of aryl methyl sites for hydroxylation is 2. The molecule has 0 spiro atoms. The molecule has 0 aliphatic heterocycles. The van der Waals surface area contributed by atoms with E-state index in [0.717, 1.165) is 66.8 Å². The Morgan fingerprint density at radius 1 is 0.365 bits per heavy atom. The molecule has 0 fully saturated rings. The molecule has 0 saturated carbocycles. The van der Waals surface area contributed by atoms with Crippen molar-refractivity contribution in [1.29, 1.82) is 0 Å². The number of nitrogens with zero attached hydrogens (tertiary/aromatic N) is 2. The van der Waals surface area contributed by atoms with Crippen LogP contribution in [0.5, 0.6) is 0 Å². The molecule has 0 amide bonds. The van der Waals surface area contributed by atoms with E-state index in [9.17, 15) is 8.78 Å². The van der Waals surface area contributed by atoms with Gasteiger partial charge in [0.1, 0.15) is 11.6 Å². The monoisotopic (exact) mass is 688 g/mol. The van der Waals surface area contributed by atoms with Gasteiger partial charge in [-0.2, -0.15) is 0 Å². The molecule has 2 nitrogen and oxygen atoms in total. The summed E-state index contributed by atoms with van der Waals surface area (Å²) in [5.74, 6) is -0.564. The number of hydrogen-bond acceptors (Lipinski definition) is 2. The van der Waals surface area contributed by atoms with Crippen molar-refractivity contribution in [2.45, 2.75) is 66.2 Å². The summed E-state index contributed by atoms with van der Waals surface area (Å²) in [5.41, 5.74) is 10.1. The molecule has 7 rings (SSSR count). The van der Waals surface area contributed by atoms with Crippen LogP contribution in [0.1, 0.15) is 63.8 Å². The number of hydrogen-bond donors (Lipinski definition) is 0. The van der Waals surface area contributed by atoms with E-state index in [4.69, 9.17) is 0 Å². The highest BCUT2D eigenvalue weighted by atomic mass is 19.1.